The van der Waals surface area contributed by atoms with Gasteiger partial charge in [-0.3, -0.25) is 18.6 Å². The van der Waals surface area contributed by atoms with E-state index in [4.69, 9.17) is 13.8 Å². The maximum absolute atomic E-state index is 11.9. The van der Waals surface area contributed by atoms with Gasteiger partial charge in [0.05, 0.1) is 13.2 Å². The van der Waals surface area contributed by atoms with Crippen LogP contribution >= 0.6 is 7.82 Å². The summed E-state index contributed by atoms with van der Waals surface area (Å²) in [5.41, 5.74) is 0. The first kappa shape index (κ1) is 43.5. The van der Waals surface area contributed by atoms with E-state index in [9.17, 15) is 24.2 Å². The van der Waals surface area contributed by atoms with Gasteiger partial charge in [-0.1, -0.05) is 106 Å². The molecule has 0 spiro atoms. The van der Waals surface area contributed by atoms with Crippen molar-refractivity contribution in [3.8, 4) is 0 Å². The monoisotopic (exact) mass is 665 g/mol. The Morgan fingerprint density at radius 3 is 1.80 bits per heavy atom. The zero-order chi connectivity index (χ0) is 34.0. The molecule has 0 aliphatic heterocycles. The van der Waals surface area contributed by atoms with Gasteiger partial charge in [-0.2, -0.15) is 0 Å². The van der Waals surface area contributed by atoms with Crippen molar-refractivity contribution >= 4 is 19.7 Å². The number of amides is 1. The molecule has 10 heteroatoms. The highest BCUT2D eigenvalue weighted by atomic mass is 31.2. The molecule has 1 amide bonds. The van der Waals surface area contributed by atoms with Crippen molar-refractivity contribution in [2.75, 3.05) is 26.4 Å². The Balaban J connectivity index is 3.69. The number of phosphoric acid groups is 1. The van der Waals surface area contributed by atoms with E-state index in [1.165, 1.54) is 0 Å². The highest BCUT2D eigenvalue weighted by molar-refractivity contribution is 7.47. The molecule has 0 aromatic carbocycles. The molecule has 0 aliphatic carbocycles. The molecule has 0 saturated heterocycles. The molecule has 9 nitrogen and oxygen atoms in total. The number of allylic oxidation sites excluding steroid dienone is 12. The molecule has 0 heterocycles. The van der Waals surface area contributed by atoms with Crippen LogP contribution < -0.4 is 5.32 Å². The third-order valence-corrected chi connectivity index (χ3v) is 7.39. The van der Waals surface area contributed by atoms with Gasteiger partial charge in [-0.05, 0) is 64.2 Å². The normalized spacial score (nSPS) is 14.4. The minimum Gasteiger partial charge on any atom is -0.463 e. The average molecular weight is 666 g/mol. The van der Waals surface area contributed by atoms with Crippen LogP contribution in [0.15, 0.2) is 72.9 Å². The van der Waals surface area contributed by atoms with Crippen LogP contribution in [-0.4, -0.2) is 54.3 Å². The topological polar surface area (TPSA) is 131 Å². The fourth-order valence-corrected chi connectivity index (χ4v) is 4.59. The largest absolute Gasteiger partial charge is 0.472 e. The third-order valence-electron chi connectivity index (χ3n) is 6.40. The lowest BCUT2D eigenvalue weighted by atomic mass is 10.1. The smallest absolute Gasteiger partial charge is 0.463 e. The molecule has 0 rings (SSSR count). The number of phosphoric ester groups is 1. The van der Waals surface area contributed by atoms with Crippen molar-refractivity contribution in [1.29, 1.82) is 0 Å². The lowest BCUT2D eigenvalue weighted by molar-refractivity contribution is -0.147. The number of ether oxygens (including phenoxy) is 1. The molecule has 0 fully saturated rings. The number of esters is 1. The summed E-state index contributed by atoms with van der Waals surface area (Å²) in [7, 11) is -4.39. The van der Waals surface area contributed by atoms with Gasteiger partial charge in [0.1, 0.15) is 12.7 Å². The second kappa shape index (κ2) is 32.4. The summed E-state index contributed by atoms with van der Waals surface area (Å²) in [6.07, 6.45) is 38.0. The molecule has 262 valence electrons. The van der Waals surface area contributed by atoms with Crippen molar-refractivity contribution in [3.05, 3.63) is 72.9 Å². The zero-order valence-corrected chi connectivity index (χ0v) is 29.1. The quantitative estimate of drug-likeness (QED) is 0.0302. The van der Waals surface area contributed by atoms with Gasteiger partial charge in [0.15, 0.2) is 0 Å². The highest BCUT2D eigenvalue weighted by Crippen LogP contribution is 2.42. The van der Waals surface area contributed by atoms with E-state index in [0.29, 0.717) is 12.8 Å². The van der Waals surface area contributed by atoms with E-state index in [0.717, 1.165) is 77.0 Å². The Bertz CT molecular complexity index is 986. The van der Waals surface area contributed by atoms with Crippen LogP contribution in [0.5, 0.6) is 0 Å². The van der Waals surface area contributed by atoms with E-state index in [2.05, 4.69) is 85.2 Å². The SMILES string of the molecule is CC/C=C\C/C=C\C/C=C\C/C=C\C/C=C\C/C=C\CCCCCCC(=O)OCC(O)COP(=O)(O)OCCNC(=O)CCCC. The van der Waals surface area contributed by atoms with Crippen molar-refractivity contribution in [3.63, 3.8) is 0 Å². The minimum atomic E-state index is -4.39. The molecule has 3 N–H and O–H groups in total. The van der Waals surface area contributed by atoms with Gasteiger partial charge in [0, 0.05) is 19.4 Å². The lowest BCUT2D eigenvalue weighted by Gasteiger charge is -2.15. The maximum Gasteiger partial charge on any atom is 0.472 e. The number of hydrogen-bond donors (Lipinski definition) is 3. The predicted molar refractivity (Wildman–Crippen MR) is 187 cm³/mol. The summed E-state index contributed by atoms with van der Waals surface area (Å²) in [6, 6.07) is 0. The van der Waals surface area contributed by atoms with Gasteiger partial charge >= 0.3 is 13.8 Å². The minimum absolute atomic E-state index is 0.0686. The van der Waals surface area contributed by atoms with Crippen molar-refractivity contribution < 1.29 is 37.9 Å². The van der Waals surface area contributed by atoms with Gasteiger partial charge in [-0.15, -0.1) is 0 Å². The summed E-state index contributed by atoms with van der Waals surface area (Å²) in [5, 5.41) is 12.5. The molecular formula is C36H60NO8P. The standard InChI is InChI=1S/C36H60NO8P/c1-3-5-7-8-9-10-11-12-13-14-15-16-17-18-19-20-21-22-23-24-25-26-27-29-36(40)43-32-34(38)33-45-46(41,42)44-31-30-37-35(39)28-6-4-2/h5,7,9-10,12-13,15-16,18-19,21-22,34,38H,3-4,6,8,11,14,17,20,23-33H2,1-2H3,(H,37,39)(H,41,42)/b7-5-,10-9-,13-12-,16-15-,19-18-,22-21-. The van der Waals surface area contributed by atoms with E-state index >= 15 is 0 Å². The van der Waals surface area contributed by atoms with E-state index < -0.39 is 26.5 Å². The summed E-state index contributed by atoms with van der Waals surface area (Å²) < 4.78 is 26.4. The molecule has 0 aromatic heterocycles. The molecule has 0 bridgehead atoms. The van der Waals surface area contributed by atoms with Crippen LogP contribution in [0, 0.1) is 0 Å². The van der Waals surface area contributed by atoms with Crippen LogP contribution in [0.1, 0.15) is 110 Å². The van der Waals surface area contributed by atoms with Gasteiger partial charge in [0.25, 0.3) is 0 Å². The molecule has 2 unspecified atom stereocenters. The fourth-order valence-electron chi connectivity index (χ4n) is 3.83. The van der Waals surface area contributed by atoms with Crippen LogP contribution in [0.4, 0.5) is 0 Å². The predicted octanol–water partition coefficient (Wildman–Crippen LogP) is 8.37. The summed E-state index contributed by atoms with van der Waals surface area (Å²) in [4.78, 5) is 33.0. The summed E-state index contributed by atoms with van der Waals surface area (Å²) in [6.45, 7) is 3.11. The first-order valence-corrected chi connectivity index (χ1v) is 18.4. The van der Waals surface area contributed by atoms with E-state index in [-0.39, 0.29) is 32.1 Å². The van der Waals surface area contributed by atoms with Gasteiger partial charge < -0.3 is 20.1 Å². The van der Waals surface area contributed by atoms with Crippen LogP contribution in [0.3, 0.4) is 0 Å². The molecular weight excluding hydrogens is 605 g/mol. The number of carbonyl (C=O) groups is 2. The molecule has 2 atom stereocenters. The Labute approximate surface area is 278 Å². The molecule has 0 aliphatic rings. The summed E-state index contributed by atoms with van der Waals surface area (Å²) in [5.74, 6) is -0.587. The Kier molecular flexibility index (Phi) is 30.6. The number of hydrogen-bond acceptors (Lipinski definition) is 7. The molecule has 0 radical (unpaired) electrons. The summed E-state index contributed by atoms with van der Waals surface area (Å²) >= 11 is 0. The second-order valence-corrected chi connectivity index (χ2v) is 12.2. The lowest BCUT2D eigenvalue weighted by Crippen LogP contribution is -2.27. The van der Waals surface area contributed by atoms with Crippen LogP contribution in [0.25, 0.3) is 0 Å². The van der Waals surface area contributed by atoms with Gasteiger partial charge in [-0.25, -0.2) is 4.57 Å². The zero-order valence-electron chi connectivity index (χ0n) is 28.2. The first-order valence-electron chi connectivity index (χ1n) is 16.9. The molecule has 46 heavy (non-hydrogen) atoms. The highest BCUT2D eigenvalue weighted by Gasteiger charge is 2.23. The Morgan fingerprint density at radius 1 is 0.696 bits per heavy atom. The van der Waals surface area contributed by atoms with Crippen LogP contribution in [0.2, 0.25) is 0 Å². The number of aliphatic hydroxyl groups is 1. The van der Waals surface area contributed by atoms with E-state index in [1.807, 2.05) is 6.92 Å². The van der Waals surface area contributed by atoms with Crippen molar-refractivity contribution in [1.82, 2.24) is 5.32 Å². The van der Waals surface area contributed by atoms with Crippen LogP contribution in [-0.2, 0) is 27.9 Å². The number of aliphatic hydroxyl groups excluding tert-OH is 1. The average Bonchev–Trinajstić information content (AvgIpc) is 3.04. The van der Waals surface area contributed by atoms with Crippen molar-refractivity contribution in [2.45, 2.75) is 116 Å². The second-order valence-electron chi connectivity index (χ2n) is 10.8. The third kappa shape index (κ3) is 32.8. The Hall–Kier alpha value is -2.55. The number of unbranched alkanes of at least 4 members (excludes halogenated alkanes) is 5. The number of carbonyl (C=O) groups excluding carboxylic acids is 2. The molecule has 0 aromatic rings. The maximum atomic E-state index is 11.9. The number of nitrogens with one attached hydrogen (secondary N) is 1. The Morgan fingerprint density at radius 2 is 1.24 bits per heavy atom. The molecule has 0 saturated carbocycles. The van der Waals surface area contributed by atoms with Crippen molar-refractivity contribution in [2.24, 2.45) is 0 Å². The first-order chi connectivity index (χ1) is 22.3. The van der Waals surface area contributed by atoms with Gasteiger partial charge in [0.2, 0.25) is 5.91 Å². The fraction of sp³-hybridized carbons (Fsp3) is 0.611. The number of rotatable bonds is 30. The van der Waals surface area contributed by atoms with E-state index in [1.54, 1.807) is 0 Å².